The molecule has 1 N–H and O–H groups in total. The molecule has 1 rings (SSSR count). The van der Waals surface area contributed by atoms with Gasteiger partial charge in [0.1, 0.15) is 0 Å². The Labute approximate surface area is 94.8 Å². The summed E-state index contributed by atoms with van der Waals surface area (Å²) in [6, 6.07) is 0.608. The first-order chi connectivity index (χ1) is 7.18. The third-order valence-corrected chi connectivity index (χ3v) is 3.04. The molecule has 1 aliphatic rings. The van der Waals surface area contributed by atoms with Crippen molar-refractivity contribution in [3.8, 4) is 0 Å². The summed E-state index contributed by atoms with van der Waals surface area (Å²) in [5.74, 6) is 0. The van der Waals surface area contributed by atoms with Crippen LogP contribution in [0, 0.1) is 0 Å². The maximum absolute atomic E-state index is 3.45. The molecular formula is C12H27N3. The number of likely N-dealkylation sites (tertiary alicyclic amines) is 1. The predicted molar refractivity (Wildman–Crippen MR) is 66.3 cm³/mol. The number of likely N-dealkylation sites (N-methyl/N-ethyl adjacent to an activating group) is 1. The minimum absolute atomic E-state index is 0.608. The molecule has 0 aromatic heterocycles. The number of rotatable bonds is 7. The van der Waals surface area contributed by atoms with Gasteiger partial charge in [-0.25, -0.2) is 0 Å². The van der Waals surface area contributed by atoms with Gasteiger partial charge >= 0.3 is 0 Å². The molecule has 3 heteroatoms. The van der Waals surface area contributed by atoms with Gasteiger partial charge in [-0.15, -0.1) is 0 Å². The van der Waals surface area contributed by atoms with Gasteiger partial charge in [-0.1, -0.05) is 13.8 Å². The molecule has 0 aromatic rings. The lowest BCUT2D eigenvalue weighted by Gasteiger charge is -2.21. The first-order valence-corrected chi connectivity index (χ1v) is 6.33. The molecule has 0 unspecified atom stereocenters. The van der Waals surface area contributed by atoms with Crippen molar-refractivity contribution in [2.24, 2.45) is 0 Å². The van der Waals surface area contributed by atoms with Crippen molar-refractivity contribution in [1.82, 2.24) is 15.1 Å². The molecule has 90 valence electrons. The topological polar surface area (TPSA) is 18.5 Å². The van der Waals surface area contributed by atoms with Crippen molar-refractivity contribution in [3.63, 3.8) is 0 Å². The molecule has 1 fully saturated rings. The fourth-order valence-electron chi connectivity index (χ4n) is 1.97. The van der Waals surface area contributed by atoms with E-state index in [1.165, 1.54) is 39.0 Å². The monoisotopic (exact) mass is 213 g/mol. The summed E-state index contributed by atoms with van der Waals surface area (Å²) in [6.07, 6.45) is 2.80. The first kappa shape index (κ1) is 12.9. The van der Waals surface area contributed by atoms with E-state index in [9.17, 15) is 0 Å². The summed E-state index contributed by atoms with van der Waals surface area (Å²) in [5, 5.41) is 3.45. The van der Waals surface area contributed by atoms with Crippen LogP contribution in [-0.2, 0) is 0 Å². The van der Waals surface area contributed by atoms with Gasteiger partial charge < -0.3 is 15.1 Å². The molecule has 0 aromatic carbocycles. The van der Waals surface area contributed by atoms with Crippen LogP contribution in [0.15, 0.2) is 0 Å². The van der Waals surface area contributed by atoms with Crippen LogP contribution < -0.4 is 5.32 Å². The van der Waals surface area contributed by atoms with E-state index in [4.69, 9.17) is 0 Å². The second-order valence-electron chi connectivity index (χ2n) is 4.96. The second kappa shape index (κ2) is 7.20. The summed E-state index contributed by atoms with van der Waals surface area (Å²) in [7, 11) is 2.22. The second-order valence-corrected chi connectivity index (χ2v) is 4.96. The minimum Gasteiger partial charge on any atom is -0.313 e. The van der Waals surface area contributed by atoms with E-state index >= 15 is 0 Å². The third kappa shape index (κ3) is 6.13. The number of nitrogens with one attached hydrogen (secondary N) is 1. The number of nitrogens with zero attached hydrogens (tertiary/aromatic N) is 2. The van der Waals surface area contributed by atoms with Crippen LogP contribution >= 0.6 is 0 Å². The summed E-state index contributed by atoms with van der Waals surface area (Å²) in [4.78, 5) is 5.00. The molecule has 0 spiro atoms. The number of hydrogen-bond donors (Lipinski definition) is 1. The Morgan fingerprint density at radius 3 is 2.47 bits per heavy atom. The molecule has 0 atom stereocenters. The van der Waals surface area contributed by atoms with Gasteiger partial charge in [-0.05, 0) is 33.0 Å². The van der Waals surface area contributed by atoms with Gasteiger partial charge in [0.05, 0.1) is 0 Å². The Morgan fingerprint density at radius 2 is 1.87 bits per heavy atom. The van der Waals surface area contributed by atoms with Crippen LogP contribution in [0.1, 0.15) is 26.7 Å². The molecule has 0 amide bonds. The molecule has 15 heavy (non-hydrogen) atoms. The van der Waals surface area contributed by atoms with Gasteiger partial charge in [-0.2, -0.15) is 0 Å². The Hall–Kier alpha value is -0.120. The maximum atomic E-state index is 3.45. The fourth-order valence-corrected chi connectivity index (χ4v) is 1.97. The van der Waals surface area contributed by atoms with Gasteiger partial charge in [0.2, 0.25) is 0 Å². The summed E-state index contributed by atoms with van der Waals surface area (Å²) in [5.41, 5.74) is 0. The summed E-state index contributed by atoms with van der Waals surface area (Å²) >= 11 is 0. The van der Waals surface area contributed by atoms with Gasteiger partial charge in [0.15, 0.2) is 0 Å². The highest BCUT2D eigenvalue weighted by atomic mass is 15.2. The Bertz CT molecular complexity index is 153. The molecular weight excluding hydrogens is 186 g/mol. The molecule has 3 nitrogen and oxygen atoms in total. The molecule has 1 saturated heterocycles. The molecule has 0 bridgehead atoms. The largest absolute Gasteiger partial charge is 0.313 e. The molecule has 0 radical (unpaired) electrons. The van der Waals surface area contributed by atoms with E-state index in [0.717, 1.165) is 13.1 Å². The van der Waals surface area contributed by atoms with E-state index in [1.807, 2.05) is 0 Å². The average molecular weight is 213 g/mol. The smallest absolute Gasteiger partial charge is 0.0109 e. The van der Waals surface area contributed by atoms with Crippen LogP contribution in [0.2, 0.25) is 0 Å². The highest BCUT2D eigenvalue weighted by Gasteiger charge is 2.11. The van der Waals surface area contributed by atoms with Crippen LogP contribution in [0.4, 0.5) is 0 Å². The van der Waals surface area contributed by atoms with Gasteiger partial charge in [-0.3, -0.25) is 0 Å². The van der Waals surface area contributed by atoms with Crippen molar-refractivity contribution in [2.45, 2.75) is 32.7 Å². The normalized spacial score (nSPS) is 18.2. The van der Waals surface area contributed by atoms with E-state index in [2.05, 4.69) is 36.0 Å². The van der Waals surface area contributed by atoms with Crippen molar-refractivity contribution >= 4 is 0 Å². The van der Waals surface area contributed by atoms with Gasteiger partial charge in [0, 0.05) is 32.2 Å². The van der Waals surface area contributed by atoms with Crippen molar-refractivity contribution in [2.75, 3.05) is 46.3 Å². The highest BCUT2D eigenvalue weighted by molar-refractivity contribution is 4.67. The zero-order chi connectivity index (χ0) is 11.1. The van der Waals surface area contributed by atoms with E-state index in [0.29, 0.717) is 6.04 Å². The van der Waals surface area contributed by atoms with Crippen molar-refractivity contribution in [3.05, 3.63) is 0 Å². The summed E-state index contributed by atoms with van der Waals surface area (Å²) < 4.78 is 0. The Morgan fingerprint density at radius 1 is 1.20 bits per heavy atom. The number of hydrogen-bond acceptors (Lipinski definition) is 3. The maximum Gasteiger partial charge on any atom is 0.0109 e. The molecule has 0 aliphatic carbocycles. The standard InChI is InChI=1S/C12H27N3/c1-12(2)13-6-9-14(3)10-11-15-7-4-5-8-15/h12-13H,4-11H2,1-3H3. The predicted octanol–water partition coefficient (Wildman–Crippen LogP) is 1.01. The lowest BCUT2D eigenvalue weighted by Crippen LogP contribution is -2.36. The molecule has 1 aliphatic heterocycles. The van der Waals surface area contributed by atoms with E-state index < -0.39 is 0 Å². The SMILES string of the molecule is CC(C)NCCN(C)CCN1CCCC1. The molecule has 0 saturated carbocycles. The highest BCUT2D eigenvalue weighted by Crippen LogP contribution is 2.06. The Kier molecular flexibility index (Phi) is 6.22. The van der Waals surface area contributed by atoms with Crippen LogP contribution in [0.25, 0.3) is 0 Å². The van der Waals surface area contributed by atoms with Crippen molar-refractivity contribution in [1.29, 1.82) is 0 Å². The molecule has 1 heterocycles. The minimum atomic E-state index is 0.608. The first-order valence-electron chi connectivity index (χ1n) is 6.33. The average Bonchev–Trinajstić information content (AvgIpc) is 2.66. The lowest BCUT2D eigenvalue weighted by atomic mass is 10.4. The van der Waals surface area contributed by atoms with E-state index in [1.54, 1.807) is 0 Å². The third-order valence-electron chi connectivity index (χ3n) is 3.04. The Balaban J connectivity index is 1.95. The van der Waals surface area contributed by atoms with Crippen LogP contribution in [0.5, 0.6) is 0 Å². The zero-order valence-electron chi connectivity index (χ0n) is 10.6. The van der Waals surface area contributed by atoms with Gasteiger partial charge in [0.25, 0.3) is 0 Å². The quantitative estimate of drug-likeness (QED) is 0.681. The van der Waals surface area contributed by atoms with Crippen molar-refractivity contribution < 1.29 is 0 Å². The van der Waals surface area contributed by atoms with E-state index in [-0.39, 0.29) is 0 Å². The lowest BCUT2D eigenvalue weighted by molar-refractivity contribution is 0.255. The zero-order valence-corrected chi connectivity index (χ0v) is 10.6. The fraction of sp³-hybridized carbons (Fsp3) is 1.00. The van der Waals surface area contributed by atoms with Crippen LogP contribution in [0.3, 0.4) is 0 Å². The summed E-state index contributed by atoms with van der Waals surface area (Å²) in [6.45, 7) is 11.8. The van der Waals surface area contributed by atoms with Crippen LogP contribution in [-0.4, -0.2) is 62.2 Å².